The van der Waals surface area contributed by atoms with Gasteiger partial charge in [0.15, 0.2) is 0 Å². The summed E-state index contributed by atoms with van der Waals surface area (Å²) in [6.07, 6.45) is 7.34. The van der Waals surface area contributed by atoms with Crippen LogP contribution in [0.4, 0.5) is 22.7 Å². The first-order valence-corrected chi connectivity index (χ1v) is 9.70. The van der Waals surface area contributed by atoms with Crippen molar-refractivity contribution < 1.29 is 0 Å². The summed E-state index contributed by atoms with van der Waals surface area (Å²) in [4.78, 5) is 0. The fourth-order valence-corrected chi connectivity index (χ4v) is 6.96. The first-order valence-electron chi connectivity index (χ1n) is 9.70. The molecule has 26 heavy (non-hydrogen) atoms. The van der Waals surface area contributed by atoms with Crippen molar-refractivity contribution in [2.75, 3.05) is 22.9 Å². The van der Waals surface area contributed by atoms with E-state index in [2.05, 4.69) is 12.1 Å². The zero-order valence-electron chi connectivity index (χ0n) is 15.2. The molecule has 0 aliphatic heterocycles. The molecule has 0 radical (unpaired) electrons. The maximum Gasteiger partial charge on any atom is 0.0353 e. The Morgan fingerprint density at radius 2 is 1.08 bits per heavy atom. The molecule has 4 bridgehead atoms. The molecule has 0 heterocycles. The summed E-state index contributed by atoms with van der Waals surface area (Å²) >= 11 is 0. The van der Waals surface area contributed by atoms with Crippen LogP contribution in [0.3, 0.4) is 0 Å². The van der Waals surface area contributed by atoms with Crippen LogP contribution in [0.25, 0.3) is 0 Å². The molecular formula is C22H28N4. The number of nitrogens with two attached hydrogens (primary N) is 4. The normalized spacial score (nSPS) is 34.9. The van der Waals surface area contributed by atoms with Crippen molar-refractivity contribution in [2.24, 2.45) is 11.8 Å². The fourth-order valence-electron chi connectivity index (χ4n) is 6.96. The van der Waals surface area contributed by atoms with Gasteiger partial charge in [-0.15, -0.1) is 0 Å². The van der Waals surface area contributed by atoms with Crippen molar-refractivity contribution >= 4 is 22.7 Å². The first-order chi connectivity index (χ1) is 12.4. The number of hydrogen-bond donors (Lipinski definition) is 4. The lowest BCUT2D eigenvalue weighted by Gasteiger charge is -2.63. The molecule has 4 aliphatic rings. The van der Waals surface area contributed by atoms with Crippen molar-refractivity contribution in [1.82, 2.24) is 0 Å². The van der Waals surface area contributed by atoms with E-state index in [1.54, 1.807) is 0 Å². The van der Waals surface area contributed by atoms with E-state index in [4.69, 9.17) is 22.9 Å². The van der Waals surface area contributed by atoms with Crippen LogP contribution >= 0.6 is 0 Å². The summed E-state index contributed by atoms with van der Waals surface area (Å²) < 4.78 is 0. The Bertz CT molecular complexity index is 804. The van der Waals surface area contributed by atoms with Gasteiger partial charge in [-0.25, -0.2) is 0 Å². The monoisotopic (exact) mass is 348 g/mol. The Hall–Kier alpha value is -2.36. The second kappa shape index (κ2) is 5.09. The second-order valence-electron chi connectivity index (χ2n) is 9.22. The van der Waals surface area contributed by atoms with Gasteiger partial charge in [-0.1, -0.05) is 0 Å². The van der Waals surface area contributed by atoms with E-state index in [0.717, 1.165) is 41.0 Å². The van der Waals surface area contributed by atoms with E-state index < -0.39 is 0 Å². The number of nitrogen functional groups attached to an aromatic ring is 4. The van der Waals surface area contributed by atoms with Gasteiger partial charge in [0, 0.05) is 22.7 Å². The van der Waals surface area contributed by atoms with Gasteiger partial charge >= 0.3 is 0 Å². The average Bonchev–Trinajstić information content (AvgIpc) is 2.58. The van der Waals surface area contributed by atoms with Gasteiger partial charge in [0.05, 0.1) is 0 Å². The summed E-state index contributed by atoms with van der Waals surface area (Å²) in [5.74, 6) is 1.47. The minimum atomic E-state index is 0.126. The van der Waals surface area contributed by atoms with Crippen LogP contribution in [-0.4, -0.2) is 0 Å². The zero-order chi connectivity index (χ0) is 18.1. The Labute approximate surface area is 154 Å². The molecule has 6 rings (SSSR count). The van der Waals surface area contributed by atoms with Crippen molar-refractivity contribution in [3.63, 3.8) is 0 Å². The van der Waals surface area contributed by atoms with Crippen LogP contribution in [0.5, 0.6) is 0 Å². The van der Waals surface area contributed by atoms with Gasteiger partial charge < -0.3 is 22.9 Å². The molecule has 4 fully saturated rings. The highest BCUT2D eigenvalue weighted by Crippen LogP contribution is 2.67. The van der Waals surface area contributed by atoms with Gasteiger partial charge in [0.2, 0.25) is 0 Å². The van der Waals surface area contributed by atoms with Gasteiger partial charge in [-0.3, -0.25) is 0 Å². The number of rotatable bonds is 2. The SMILES string of the molecule is Nc1ccc(N)c(C23CC4CC(C2)CC(c2cc(N)ccc2N)(C4)C3)c1. The predicted molar refractivity (Wildman–Crippen MR) is 109 cm³/mol. The van der Waals surface area contributed by atoms with E-state index in [1.165, 1.54) is 43.2 Å². The molecule has 0 saturated heterocycles. The third-order valence-corrected chi connectivity index (χ3v) is 7.36. The molecule has 0 aromatic heterocycles. The molecule has 4 aliphatic carbocycles. The highest BCUT2D eigenvalue weighted by Gasteiger charge is 2.59. The van der Waals surface area contributed by atoms with Crippen LogP contribution < -0.4 is 22.9 Å². The van der Waals surface area contributed by atoms with Crippen LogP contribution in [-0.2, 0) is 10.8 Å². The summed E-state index contributed by atoms with van der Waals surface area (Å²) in [7, 11) is 0. The van der Waals surface area contributed by atoms with Crippen molar-refractivity contribution in [3.8, 4) is 0 Å². The predicted octanol–water partition coefficient (Wildman–Crippen LogP) is 3.81. The molecule has 8 N–H and O–H groups in total. The van der Waals surface area contributed by atoms with E-state index in [1.807, 2.05) is 24.3 Å². The van der Waals surface area contributed by atoms with Gasteiger partial charge in [-0.2, -0.15) is 0 Å². The molecule has 0 unspecified atom stereocenters. The fraction of sp³-hybridized carbons (Fsp3) is 0.455. The number of benzene rings is 2. The number of anilines is 4. The molecule has 0 amide bonds. The van der Waals surface area contributed by atoms with Crippen LogP contribution in [0.15, 0.2) is 36.4 Å². The van der Waals surface area contributed by atoms with Gasteiger partial charge in [0.1, 0.15) is 0 Å². The van der Waals surface area contributed by atoms with E-state index >= 15 is 0 Å². The highest BCUT2D eigenvalue weighted by molar-refractivity contribution is 5.62. The molecular weight excluding hydrogens is 320 g/mol. The average molecular weight is 348 g/mol. The minimum Gasteiger partial charge on any atom is -0.399 e. The largest absolute Gasteiger partial charge is 0.399 e. The smallest absolute Gasteiger partial charge is 0.0353 e. The Morgan fingerprint density at radius 3 is 1.50 bits per heavy atom. The maximum atomic E-state index is 6.45. The Morgan fingerprint density at radius 1 is 0.654 bits per heavy atom. The third kappa shape index (κ3) is 2.14. The van der Waals surface area contributed by atoms with Crippen molar-refractivity contribution in [3.05, 3.63) is 47.5 Å². The van der Waals surface area contributed by atoms with Crippen LogP contribution in [0, 0.1) is 11.8 Å². The molecule has 2 aromatic carbocycles. The lowest BCUT2D eigenvalue weighted by atomic mass is 9.41. The quantitative estimate of drug-likeness (QED) is 0.620. The minimum absolute atomic E-state index is 0.126. The topological polar surface area (TPSA) is 104 Å². The highest BCUT2D eigenvalue weighted by atomic mass is 14.7. The molecule has 136 valence electrons. The summed E-state index contributed by atoms with van der Waals surface area (Å²) in [6, 6.07) is 12.0. The van der Waals surface area contributed by atoms with Crippen molar-refractivity contribution in [2.45, 2.75) is 49.4 Å². The lowest BCUT2D eigenvalue weighted by molar-refractivity contribution is -0.0274. The first kappa shape index (κ1) is 15.9. The summed E-state index contributed by atoms with van der Waals surface area (Å²) in [6.45, 7) is 0. The van der Waals surface area contributed by atoms with E-state index in [9.17, 15) is 0 Å². The maximum absolute atomic E-state index is 6.45. The molecule has 4 heteroatoms. The van der Waals surface area contributed by atoms with E-state index in [-0.39, 0.29) is 10.8 Å². The standard InChI is InChI=1S/C22H28N4/c23-15-1-3-19(25)17(6-15)21-8-13-5-14(9-21)11-22(10-13,12-21)18-7-16(24)2-4-20(18)26/h1-4,6-7,13-14H,5,8-12,23-26H2. The number of hydrogen-bond acceptors (Lipinski definition) is 4. The van der Waals surface area contributed by atoms with Crippen LogP contribution in [0.2, 0.25) is 0 Å². The third-order valence-electron chi connectivity index (χ3n) is 7.36. The molecule has 4 nitrogen and oxygen atoms in total. The van der Waals surface area contributed by atoms with E-state index in [0.29, 0.717) is 0 Å². The van der Waals surface area contributed by atoms with Crippen LogP contribution in [0.1, 0.15) is 49.7 Å². The molecule has 0 atom stereocenters. The second-order valence-corrected chi connectivity index (χ2v) is 9.22. The molecule has 4 saturated carbocycles. The molecule has 0 spiro atoms. The molecule has 2 aromatic rings. The summed E-state index contributed by atoms with van der Waals surface area (Å²) in [5.41, 5.74) is 31.3. The van der Waals surface area contributed by atoms with Gasteiger partial charge in [-0.05, 0) is 109 Å². The lowest BCUT2D eigenvalue weighted by Crippen LogP contribution is -2.56. The van der Waals surface area contributed by atoms with Gasteiger partial charge in [0.25, 0.3) is 0 Å². The van der Waals surface area contributed by atoms with Crippen molar-refractivity contribution in [1.29, 1.82) is 0 Å². The zero-order valence-corrected chi connectivity index (χ0v) is 15.2. The Balaban J connectivity index is 1.67. The summed E-state index contributed by atoms with van der Waals surface area (Å²) in [5, 5.41) is 0. The Kier molecular flexibility index (Phi) is 3.10.